The number of fused-ring (bicyclic) bond motifs is 1. The molecule has 0 radical (unpaired) electrons. The minimum absolute atomic E-state index is 0.00806. The molecular formula is C23H30N4O4. The Hall–Kier alpha value is -2.45. The van der Waals surface area contributed by atoms with Gasteiger partial charge in [0.2, 0.25) is 0 Å². The van der Waals surface area contributed by atoms with Gasteiger partial charge in [-0.1, -0.05) is 13.8 Å². The van der Waals surface area contributed by atoms with Gasteiger partial charge in [-0.25, -0.2) is 4.98 Å². The summed E-state index contributed by atoms with van der Waals surface area (Å²) in [7, 11) is 0. The lowest BCUT2D eigenvalue weighted by Gasteiger charge is -2.40. The number of aliphatic hydroxyl groups is 1. The van der Waals surface area contributed by atoms with E-state index >= 15 is 0 Å². The highest BCUT2D eigenvalue weighted by Gasteiger charge is 2.63. The molecule has 4 atom stereocenters. The van der Waals surface area contributed by atoms with Crippen molar-refractivity contribution < 1.29 is 19.1 Å². The highest BCUT2D eigenvalue weighted by Crippen LogP contribution is 2.50. The van der Waals surface area contributed by atoms with Gasteiger partial charge in [-0.2, -0.15) is 0 Å². The molecule has 1 N–H and O–H groups in total. The van der Waals surface area contributed by atoms with Gasteiger partial charge in [-0.15, -0.1) is 0 Å². The first-order valence-corrected chi connectivity index (χ1v) is 11.0. The number of aryl methyl sites for hydroxylation is 2. The first kappa shape index (κ1) is 20.5. The van der Waals surface area contributed by atoms with Crippen LogP contribution in [-0.4, -0.2) is 70.4 Å². The number of likely N-dealkylation sites (tertiary alicyclic amines) is 1. The molecule has 3 aliphatic rings. The smallest absolute Gasteiger partial charge is 0.276 e. The largest absolute Gasteiger partial charge is 0.447 e. The summed E-state index contributed by atoms with van der Waals surface area (Å²) < 4.78 is 12.0. The van der Waals surface area contributed by atoms with Crippen molar-refractivity contribution in [3.05, 3.63) is 41.4 Å². The number of oxazole rings is 1. The quantitative estimate of drug-likeness (QED) is 0.801. The third-order valence-electron chi connectivity index (χ3n) is 7.04. The monoisotopic (exact) mass is 426 g/mol. The summed E-state index contributed by atoms with van der Waals surface area (Å²) in [6, 6.07) is 4.18. The molecule has 31 heavy (non-hydrogen) atoms. The van der Waals surface area contributed by atoms with Crippen LogP contribution in [0.15, 0.2) is 22.9 Å². The molecule has 5 rings (SSSR count). The molecule has 0 unspecified atom stereocenters. The zero-order valence-corrected chi connectivity index (χ0v) is 18.5. The molecule has 2 bridgehead atoms. The molecule has 8 heteroatoms. The molecule has 3 fully saturated rings. The third kappa shape index (κ3) is 3.24. The Bertz CT molecular complexity index is 985. The Morgan fingerprint density at radius 3 is 2.68 bits per heavy atom. The van der Waals surface area contributed by atoms with E-state index in [0.29, 0.717) is 31.1 Å². The number of nitrogens with zero attached hydrogens (tertiary/aromatic N) is 4. The van der Waals surface area contributed by atoms with Crippen LogP contribution in [-0.2, 0) is 4.74 Å². The Morgan fingerprint density at radius 2 is 2.00 bits per heavy atom. The van der Waals surface area contributed by atoms with Crippen LogP contribution in [0.3, 0.4) is 0 Å². The van der Waals surface area contributed by atoms with Crippen molar-refractivity contribution in [2.24, 2.45) is 11.8 Å². The summed E-state index contributed by atoms with van der Waals surface area (Å²) >= 11 is 0. The zero-order chi connectivity index (χ0) is 21.9. The van der Waals surface area contributed by atoms with E-state index in [1.54, 1.807) is 0 Å². The second kappa shape index (κ2) is 7.31. The number of carbonyl (C=O) groups is 1. The highest BCUT2D eigenvalue weighted by atomic mass is 16.5. The second-order valence-corrected chi connectivity index (χ2v) is 9.57. The van der Waals surface area contributed by atoms with Crippen LogP contribution >= 0.6 is 0 Å². The van der Waals surface area contributed by atoms with Crippen LogP contribution in [0.25, 0.3) is 0 Å². The molecule has 166 valence electrons. The normalized spacial score (nSPS) is 29.7. The fourth-order valence-corrected chi connectivity index (χ4v) is 5.76. The van der Waals surface area contributed by atoms with E-state index in [4.69, 9.17) is 9.15 Å². The molecular weight excluding hydrogens is 396 g/mol. The topological polar surface area (TPSA) is 91.9 Å². The van der Waals surface area contributed by atoms with Gasteiger partial charge in [0, 0.05) is 61.1 Å². The molecule has 1 spiro atoms. The summed E-state index contributed by atoms with van der Waals surface area (Å²) in [6.07, 6.45) is 1.19. The predicted octanol–water partition coefficient (Wildman–Crippen LogP) is 2.15. The summed E-state index contributed by atoms with van der Waals surface area (Å²) in [5, 5.41) is 10.2. The average Bonchev–Trinajstić information content (AvgIpc) is 3.37. The molecule has 3 saturated heterocycles. The summed E-state index contributed by atoms with van der Waals surface area (Å²) in [6.45, 7) is 10.5. The van der Waals surface area contributed by atoms with Crippen LogP contribution in [0, 0.1) is 25.7 Å². The molecule has 2 aromatic rings. The summed E-state index contributed by atoms with van der Waals surface area (Å²) in [5.41, 5.74) is 2.98. The van der Waals surface area contributed by atoms with Crippen molar-refractivity contribution in [1.82, 2.24) is 14.9 Å². The standard InChI is InChI=1S/C23H30N4O4/c1-13(2)21-20(24-12-30-21)22(29)27-8-19-17(9-28)18-7-26(10-23(18,11-27)31-19)16-5-14(3)25-15(4)6-16/h5-6,12-13,17-19,28H,7-11H2,1-4H3/t17-,18+,19+,23-/m0/s1. The maximum Gasteiger partial charge on any atom is 0.276 e. The van der Waals surface area contributed by atoms with Gasteiger partial charge in [-0.05, 0) is 26.0 Å². The van der Waals surface area contributed by atoms with Crippen molar-refractivity contribution in [3.63, 3.8) is 0 Å². The Morgan fingerprint density at radius 1 is 1.26 bits per heavy atom. The van der Waals surface area contributed by atoms with Crippen LogP contribution in [0.5, 0.6) is 0 Å². The van der Waals surface area contributed by atoms with Gasteiger partial charge in [0.25, 0.3) is 5.91 Å². The lowest BCUT2D eigenvalue weighted by Crippen LogP contribution is -2.56. The Balaban J connectivity index is 1.44. The fraction of sp³-hybridized carbons (Fsp3) is 0.609. The molecule has 3 aliphatic heterocycles. The number of anilines is 1. The van der Waals surface area contributed by atoms with Crippen molar-refractivity contribution in [1.29, 1.82) is 0 Å². The molecule has 0 aliphatic carbocycles. The van der Waals surface area contributed by atoms with E-state index < -0.39 is 5.60 Å². The number of ether oxygens (including phenoxy) is 1. The van der Waals surface area contributed by atoms with E-state index in [1.807, 2.05) is 32.6 Å². The number of hydrogen-bond acceptors (Lipinski definition) is 7. The van der Waals surface area contributed by atoms with Crippen LogP contribution in [0.1, 0.15) is 47.4 Å². The van der Waals surface area contributed by atoms with E-state index in [2.05, 4.69) is 27.0 Å². The molecule has 0 saturated carbocycles. The highest BCUT2D eigenvalue weighted by molar-refractivity contribution is 5.93. The van der Waals surface area contributed by atoms with Crippen LogP contribution in [0.2, 0.25) is 0 Å². The average molecular weight is 427 g/mol. The second-order valence-electron chi connectivity index (χ2n) is 9.57. The Labute approximate surface area is 182 Å². The number of rotatable bonds is 4. The number of amides is 1. The number of hydrogen-bond donors (Lipinski definition) is 1. The van der Waals surface area contributed by atoms with Crippen molar-refractivity contribution >= 4 is 11.6 Å². The van der Waals surface area contributed by atoms with E-state index in [9.17, 15) is 9.90 Å². The van der Waals surface area contributed by atoms with Crippen molar-refractivity contribution in [2.75, 3.05) is 37.7 Å². The lowest BCUT2D eigenvalue weighted by atomic mass is 9.83. The minimum Gasteiger partial charge on any atom is -0.447 e. The van der Waals surface area contributed by atoms with Gasteiger partial charge < -0.3 is 24.1 Å². The summed E-state index contributed by atoms with van der Waals surface area (Å²) in [4.78, 5) is 26.3. The maximum absolute atomic E-state index is 13.4. The minimum atomic E-state index is -0.487. The van der Waals surface area contributed by atoms with Gasteiger partial charge in [0.05, 0.1) is 12.6 Å². The first-order chi connectivity index (χ1) is 14.8. The SMILES string of the molecule is Cc1cc(N2C[C@@H]3[C@H](CO)[C@H]4CN(C(=O)c5ncoc5C(C)C)C[C@]3(C2)O4)cc(C)n1. The fourth-order valence-electron chi connectivity index (χ4n) is 5.76. The van der Waals surface area contributed by atoms with Gasteiger partial charge in [-0.3, -0.25) is 9.78 Å². The predicted molar refractivity (Wildman–Crippen MR) is 114 cm³/mol. The molecule has 0 aromatic carbocycles. The van der Waals surface area contributed by atoms with Crippen molar-refractivity contribution in [3.8, 4) is 0 Å². The van der Waals surface area contributed by atoms with Crippen LogP contribution in [0.4, 0.5) is 5.69 Å². The van der Waals surface area contributed by atoms with Crippen LogP contribution < -0.4 is 4.90 Å². The number of aliphatic hydroxyl groups excluding tert-OH is 1. The first-order valence-electron chi connectivity index (χ1n) is 11.0. The lowest BCUT2D eigenvalue weighted by molar-refractivity contribution is -0.100. The van der Waals surface area contributed by atoms with E-state index in [0.717, 1.165) is 23.6 Å². The van der Waals surface area contributed by atoms with E-state index in [-0.39, 0.29) is 36.4 Å². The Kier molecular flexibility index (Phi) is 4.82. The van der Waals surface area contributed by atoms with Gasteiger partial charge in [0.15, 0.2) is 12.1 Å². The van der Waals surface area contributed by atoms with E-state index in [1.165, 1.54) is 6.39 Å². The maximum atomic E-state index is 13.4. The number of morpholine rings is 1. The number of pyridine rings is 1. The number of aromatic nitrogens is 2. The van der Waals surface area contributed by atoms with Crippen molar-refractivity contribution in [2.45, 2.75) is 45.3 Å². The third-order valence-corrected chi connectivity index (χ3v) is 7.04. The molecule has 5 heterocycles. The molecule has 2 aromatic heterocycles. The zero-order valence-electron chi connectivity index (χ0n) is 18.5. The summed E-state index contributed by atoms with van der Waals surface area (Å²) in [5.74, 6) is 0.754. The van der Waals surface area contributed by atoms with Gasteiger partial charge >= 0.3 is 0 Å². The van der Waals surface area contributed by atoms with Gasteiger partial charge in [0.1, 0.15) is 11.4 Å². The number of carbonyl (C=O) groups excluding carboxylic acids is 1. The molecule has 1 amide bonds. The molecule has 8 nitrogen and oxygen atoms in total.